The summed E-state index contributed by atoms with van der Waals surface area (Å²) in [7, 11) is 1.63. The molecule has 1 aliphatic rings. The fourth-order valence-electron chi connectivity index (χ4n) is 1.99. The summed E-state index contributed by atoms with van der Waals surface area (Å²) in [6, 6.07) is 5.63. The van der Waals surface area contributed by atoms with Crippen LogP contribution in [0.2, 0.25) is 0 Å². The fourth-order valence-corrected chi connectivity index (χ4v) is 1.99. The fraction of sp³-hybridized carbons (Fsp3) is 0.455. The Morgan fingerprint density at radius 1 is 1.50 bits per heavy atom. The van der Waals surface area contributed by atoms with Crippen LogP contribution in [0.3, 0.4) is 0 Å². The van der Waals surface area contributed by atoms with Gasteiger partial charge in [-0.2, -0.15) is 0 Å². The van der Waals surface area contributed by atoms with E-state index in [0.29, 0.717) is 5.75 Å². The lowest BCUT2D eigenvalue weighted by molar-refractivity contribution is 0.390. The number of benzene rings is 1. The molecule has 0 aliphatic carbocycles. The van der Waals surface area contributed by atoms with Crippen LogP contribution in [0.5, 0.6) is 11.5 Å². The molecule has 76 valence electrons. The van der Waals surface area contributed by atoms with Crippen LogP contribution in [0.4, 0.5) is 0 Å². The van der Waals surface area contributed by atoms with Gasteiger partial charge in [0.05, 0.1) is 12.7 Å². The van der Waals surface area contributed by atoms with Crippen LogP contribution in [0.1, 0.15) is 24.4 Å². The summed E-state index contributed by atoms with van der Waals surface area (Å²) in [5.74, 6) is 1.09. The molecule has 1 aliphatic heterocycles. The van der Waals surface area contributed by atoms with Crippen molar-refractivity contribution >= 4 is 0 Å². The number of methoxy groups -OCH3 is 1. The number of rotatable bonds is 2. The molecule has 1 aromatic rings. The quantitative estimate of drug-likeness (QED) is 0.752. The Kier molecular flexibility index (Phi) is 2.59. The summed E-state index contributed by atoms with van der Waals surface area (Å²) in [6.07, 6.45) is 2.22. The van der Waals surface area contributed by atoms with E-state index in [9.17, 15) is 5.11 Å². The molecule has 0 spiro atoms. The highest BCUT2D eigenvalue weighted by molar-refractivity contribution is 5.46. The van der Waals surface area contributed by atoms with Crippen LogP contribution < -0.4 is 10.1 Å². The number of phenols is 1. The van der Waals surface area contributed by atoms with Crippen molar-refractivity contribution < 1.29 is 9.84 Å². The second-order valence-electron chi connectivity index (χ2n) is 3.54. The molecule has 1 fully saturated rings. The molecule has 1 heterocycles. The first-order valence-electron chi connectivity index (χ1n) is 4.92. The zero-order valence-electron chi connectivity index (χ0n) is 8.29. The smallest absolute Gasteiger partial charge is 0.127 e. The molecule has 1 aromatic carbocycles. The molecule has 3 heteroatoms. The van der Waals surface area contributed by atoms with E-state index >= 15 is 0 Å². The zero-order chi connectivity index (χ0) is 9.97. The van der Waals surface area contributed by atoms with Gasteiger partial charge in [-0.1, -0.05) is 6.07 Å². The van der Waals surface area contributed by atoms with Crippen molar-refractivity contribution in [1.82, 2.24) is 5.32 Å². The van der Waals surface area contributed by atoms with E-state index in [-0.39, 0.29) is 6.04 Å². The lowest BCUT2D eigenvalue weighted by Crippen LogP contribution is -2.13. The summed E-state index contributed by atoms with van der Waals surface area (Å²) in [5, 5.41) is 13.1. The van der Waals surface area contributed by atoms with Crippen LogP contribution in [0.15, 0.2) is 18.2 Å². The Bertz CT molecular complexity index is 319. The van der Waals surface area contributed by atoms with Gasteiger partial charge in [0.15, 0.2) is 0 Å². The van der Waals surface area contributed by atoms with Crippen LogP contribution in [0.25, 0.3) is 0 Å². The second-order valence-corrected chi connectivity index (χ2v) is 3.54. The van der Waals surface area contributed by atoms with Gasteiger partial charge < -0.3 is 15.2 Å². The summed E-state index contributed by atoms with van der Waals surface area (Å²) in [6.45, 7) is 1.02. The van der Waals surface area contributed by atoms with Crippen molar-refractivity contribution in [2.45, 2.75) is 18.9 Å². The molecule has 2 N–H and O–H groups in total. The van der Waals surface area contributed by atoms with Gasteiger partial charge in [0, 0.05) is 6.04 Å². The molecule has 14 heavy (non-hydrogen) atoms. The predicted octanol–water partition coefficient (Wildman–Crippen LogP) is 1.83. The molecule has 0 unspecified atom stereocenters. The largest absolute Gasteiger partial charge is 0.507 e. The maximum absolute atomic E-state index is 9.76. The Morgan fingerprint density at radius 2 is 2.36 bits per heavy atom. The van der Waals surface area contributed by atoms with Gasteiger partial charge >= 0.3 is 0 Å². The average Bonchev–Trinajstić information content (AvgIpc) is 2.70. The Labute approximate surface area is 83.7 Å². The van der Waals surface area contributed by atoms with Crippen LogP contribution in [-0.2, 0) is 0 Å². The minimum absolute atomic E-state index is 0.242. The van der Waals surface area contributed by atoms with Crippen molar-refractivity contribution in [3.63, 3.8) is 0 Å². The standard InChI is InChI=1S/C11H15NO2/c1-14-10-6-2-5-9(13)11(10)8-4-3-7-12-8/h2,5-6,8,12-13H,3-4,7H2,1H3/t8-/m1/s1. The molecule has 0 aromatic heterocycles. The van der Waals surface area contributed by atoms with Gasteiger partial charge in [0.2, 0.25) is 0 Å². The number of hydrogen-bond acceptors (Lipinski definition) is 3. The van der Waals surface area contributed by atoms with E-state index in [1.54, 1.807) is 19.2 Å². The number of phenolic OH excluding ortho intramolecular Hbond substituents is 1. The number of ether oxygens (including phenoxy) is 1. The first-order valence-corrected chi connectivity index (χ1v) is 4.92. The SMILES string of the molecule is COc1cccc(O)c1[C@H]1CCCN1. The Hall–Kier alpha value is -1.22. The summed E-state index contributed by atoms with van der Waals surface area (Å²) in [4.78, 5) is 0. The van der Waals surface area contributed by atoms with Crippen molar-refractivity contribution in [3.05, 3.63) is 23.8 Å². The van der Waals surface area contributed by atoms with E-state index < -0.39 is 0 Å². The Morgan fingerprint density at radius 3 is 3.00 bits per heavy atom. The monoisotopic (exact) mass is 193 g/mol. The molecule has 0 saturated carbocycles. The van der Waals surface area contributed by atoms with Gasteiger partial charge in [-0.15, -0.1) is 0 Å². The number of hydrogen-bond donors (Lipinski definition) is 2. The Balaban J connectivity index is 2.37. The highest BCUT2D eigenvalue weighted by Crippen LogP contribution is 2.36. The van der Waals surface area contributed by atoms with E-state index in [2.05, 4.69) is 5.32 Å². The van der Waals surface area contributed by atoms with Crippen molar-refractivity contribution in [1.29, 1.82) is 0 Å². The number of nitrogens with one attached hydrogen (secondary N) is 1. The minimum atomic E-state index is 0.242. The lowest BCUT2D eigenvalue weighted by atomic mass is 10.0. The van der Waals surface area contributed by atoms with Crippen molar-refractivity contribution in [2.24, 2.45) is 0 Å². The highest BCUT2D eigenvalue weighted by atomic mass is 16.5. The molecule has 3 nitrogen and oxygen atoms in total. The highest BCUT2D eigenvalue weighted by Gasteiger charge is 2.22. The summed E-state index contributed by atoms with van der Waals surface area (Å²) >= 11 is 0. The van der Waals surface area contributed by atoms with E-state index in [1.165, 1.54) is 0 Å². The van der Waals surface area contributed by atoms with Gasteiger partial charge in [0.1, 0.15) is 11.5 Å². The maximum Gasteiger partial charge on any atom is 0.127 e. The van der Waals surface area contributed by atoms with Gasteiger partial charge in [-0.05, 0) is 31.5 Å². The van der Waals surface area contributed by atoms with E-state index in [1.807, 2.05) is 6.07 Å². The molecular formula is C11H15NO2. The average molecular weight is 193 g/mol. The molecule has 1 saturated heterocycles. The topological polar surface area (TPSA) is 41.5 Å². The molecule has 0 radical (unpaired) electrons. The van der Waals surface area contributed by atoms with Gasteiger partial charge in [-0.25, -0.2) is 0 Å². The first kappa shape index (κ1) is 9.34. The molecule has 0 bridgehead atoms. The predicted molar refractivity (Wildman–Crippen MR) is 54.6 cm³/mol. The maximum atomic E-state index is 9.76. The summed E-state index contributed by atoms with van der Waals surface area (Å²) < 4.78 is 5.24. The number of aromatic hydroxyl groups is 1. The summed E-state index contributed by atoms with van der Waals surface area (Å²) in [5.41, 5.74) is 0.896. The van der Waals surface area contributed by atoms with E-state index in [4.69, 9.17) is 4.74 Å². The van der Waals surface area contributed by atoms with Crippen molar-refractivity contribution in [2.75, 3.05) is 13.7 Å². The zero-order valence-corrected chi connectivity index (χ0v) is 8.29. The van der Waals surface area contributed by atoms with Crippen LogP contribution in [-0.4, -0.2) is 18.8 Å². The third-order valence-electron chi connectivity index (χ3n) is 2.67. The first-order chi connectivity index (χ1) is 6.83. The molecule has 1 atom stereocenters. The third kappa shape index (κ3) is 1.55. The second kappa shape index (κ2) is 3.88. The van der Waals surface area contributed by atoms with Crippen LogP contribution >= 0.6 is 0 Å². The van der Waals surface area contributed by atoms with Gasteiger partial charge in [0.25, 0.3) is 0 Å². The van der Waals surface area contributed by atoms with Gasteiger partial charge in [-0.3, -0.25) is 0 Å². The molecule has 0 amide bonds. The molecule has 2 rings (SSSR count). The normalized spacial score (nSPS) is 21.1. The molecular weight excluding hydrogens is 178 g/mol. The van der Waals surface area contributed by atoms with Crippen molar-refractivity contribution in [3.8, 4) is 11.5 Å². The third-order valence-corrected chi connectivity index (χ3v) is 2.67. The van der Waals surface area contributed by atoms with E-state index in [0.717, 1.165) is 30.7 Å². The lowest BCUT2D eigenvalue weighted by Gasteiger charge is -2.16. The van der Waals surface area contributed by atoms with Crippen LogP contribution in [0, 0.1) is 0 Å². The minimum Gasteiger partial charge on any atom is -0.507 e.